The molecule has 0 saturated carbocycles. The first kappa shape index (κ1) is 26.0. The SMILES string of the molecule is CC1(C)CC=C(C/C=C(\C=C/CNC(=O)c2cc(C#N)c[nH]2)CCN2CCS(=O)(=O)CC2)CC1. The number of aromatic amines is 1. The summed E-state index contributed by atoms with van der Waals surface area (Å²) in [7, 11) is -2.88. The van der Waals surface area contributed by atoms with Crippen LogP contribution in [0, 0.1) is 16.7 Å². The number of nitrogens with zero attached hydrogens (tertiary/aromatic N) is 2. The van der Waals surface area contributed by atoms with Crippen molar-refractivity contribution in [3.8, 4) is 6.07 Å². The lowest BCUT2D eigenvalue weighted by Gasteiger charge is -2.28. The summed E-state index contributed by atoms with van der Waals surface area (Å²) in [5, 5.41) is 11.7. The molecule has 0 bridgehead atoms. The van der Waals surface area contributed by atoms with Gasteiger partial charge in [-0.15, -0.1) is 0 Å². The summed E-state index contributed by atoms with van der Waals surface area (Å²) >= 11 is 0. The number of allylic oxidation sites excluding steroid dienone is 4. The van der Waals surface area contributed by atoms with Gasteiger partial charge in [0.25, 0.3) is 5.91 Å². The Kier molecular flexibility index (Phi) is 8.92. The minimum Gasteiger partial charge on any atom is -0.356 e. The fraction of sp³-hybridized carbons (Fsp3) is 0.538. The molecule has 0 spiro atoms. The highest BCUT2D eigenvalue weighted by atomic mass is 32.2. The van der Waals surface area contributed by atoms with Gasteiger partial charge in [-0.1, -0.05) is 49.3 Å². The lowest BCUT2D eigenvalue weighted by Crippen LogP contribution is -2.40. The maximum Gasteiger partial charge on any atom is 0.267 e. The van der Waals surface area contributed by atoms with Gasteiger partial charge in [0.05, 0.1) is 17.1 Å². The quantitative estimate of drug-likeness (QED) is 0.410. The Bertz CT molecular complexity index is 1090. The number of rotatable bonds is 9. The summed E-state index contributed by atoms with van der Waals surface area (Å²) in [5.41, 5.74) is 3.85. The summed E-state index contributed by atoms with van der Waals surface area (Å²) in [6.45, 7) is 7.02. The minimum atomic E-state index is -2.88. The number of carbonyl (C=O) groups excluding carboxylic acids is 1. The van der Waals surface area contributed by atoms with Crippen LogP contribution in [0.25, 0.3) is 0 Å². The highest BCUT2D eigenvalue weighted by Gasteiger charge is 2.22. The van der Waals surface area contributed by atoms with Crippen molar-refractivity contribution in [3.63, 3.8) is 0 Å². The van der Waals surface area contributed by atoms with Crippen molar-refractivity contribution >= 4 is 15.7 Å². The van der Waals surface area contributed by atoms with Crippen molar-refractivity contribution in [1.82, 2.24) is 15.2 Å². The predicted octanol–water partition coefficient (Wildman–Crippen LogP) is 3.75. The monoisotopic (exact) mass is 484 g/mol. The zero-order valence-corrected chi connectivity index (χ0v) is 21.1. The molecule has 1 fully saturated rings. The van der Waals surface area contributed by atoms with Crippen LogP contribution in [0.2, 0.25) is 0 Å². The van der Waals surface area contributed by atoms with E-state index in [2.05, 4.69) is 47.3 Å². The van der Waals surface area contributed by atoms with E-state index >= 15 is 0 Å². The van der Waals surface area contributed by atoms with Crippen molar-refractivity contribution < 1.29 is 13.2 Å². The molecule has 1 amide bonds. The van der Waals surface area contributed by atoms with Crippen molar-refractivity contribution in [2.45, 2.75) is 46.0 Å². The molecule has 3 rings (SSSR count). The summed E-state index contributed by atoms with van der Waals surface area (Å²) < 4.78 is 23.4. The van der Waals surface area contributed by atoms with Gasteiger partial charge in [-0.3, -0.25) is 4.79 Å². The number of hydrogen-bond donors (Lipinski definition) is 2. The lowest BCUT2D eigenvalue weighted by atomic mass is 9.78. The maximum absolute atomic E-state index is 12.2. The second-order valence-corrected chi connectivity index (χ2v) is 12.3. The first-order valence-electron chi connectivity index (χ1n) is 12.0. The predicted molar refractivity (Wildman–Crippen MR) is 135 cm³/mol. The van der Waals surface area contributed by atoms with Crippen molar-refractivity contribution in [1.29, 1.82) is 5.26 Å². The van der Waals surface area contributed by atoms with Crippen LogP contribution < -0.4 is 5.32 Å². The van der Waals surface area contributed by atoms with Gasteiger partial charge in [-0.2, -0.15) is 5.26 Å². The molecule has 1 aromatic heterocycles. The molecule has 0 radical (unpaired) electrons. The molecular weight excluding hydrogens is 448 g/mol. The standard InChI is InChI=1S/C26H36N4O3S/c1-26(2)10-7-22(8-11-26)6-5-21(9-13-30-14-16-34(32,33)17-15-30)4-3-12-28-25(31)24-18-23(19-27)20-29-24/h3-5,7,18,20,29H,6,8-17H2,1-2H3,(H,28,31)/b4-3-,21-5+. The smallest absolute Gasteiger partial charge is 0.267 e. The topological polar surface area (TPSA) is 106 Å². The van der Waals surface area contributed by atoms with Gasteiger partial charge < -0.3 is 15.2 Å². The van der Waals surface area contributed by atoms with Crippen LogP contribution in [0.4, 0.5) is 0 Å². The van der Waals surface area contributed by atoms with Crippen LogP contribution in [0.3, 0.4) is 0 Å². The van der Waals surface area contributed by atoms with E-state index in [-0.39, 0.29) is 17.4 Å². The Morgan fingerprint density at radius 1 is 1.32 bits per heavy atom. The normalized spacial score (nSPS) is 20.6. The third kappa shape index (κ3) is 8.30. The second kappa shape index (κ2) is 11.7. The van der Waals surface area contributed by atoms with Gasteiger partial charge in [0.1, 0.15) is 11.8 Å². The molecule has 1 aliphatic heterocycles. The van der Waals surface area contributed by atoms with E-state index in [1.165, 1.54) is 29.8 Å². The van der Waals surface area contributed by atoms with Crippen LogP contribution in [0.1, 0.15) is 62.0 Å². The number of amides is 1. The molecule has 7 nitrogen and oxygen atoms in total. The van der Waals surface area contributed by atoms with Gasteiger partial charge in [0.15, 0.2) is 9.84 Å². The van der Waals surface area contributed by atoms with E-state index in [1.54, 1.807) is 0 Å². The Morgan fingerprint density at radius 3 is 2.74 bits per heavy atom. The molecule has 184 valence electrons. The van der Waals surface area contributed by atoms with E-state index in [0.29, 0.717) is 36.3 Å². The molecule has 1 aromatic rings. The molecule has 2 aliphatic rings. The first-order valence-corrected chi connectivity index (χ1v) is 13.8. The van der Waals surface area contributed by atoms with Gasteiger partial charge in [-0.05, 0) is 43.6 Å². The molecule has 34 heavy (non-hydrogen) atoms. The molecule has 0 unspecified atom stereocenters. The first-order chi connectivity index (χ1) is 16.2. The maximum atomic E-state index is 12.2. The number of nitriles is 1. The van der Waals surface area contributed by atoms with E-state index in [4.69, 9.17) is 5.26 Å². The van der Waals surface area contributed by atoms with Crippen LogP contribution in [0.15, 0.2) is 47.7 Å². The van der Waals surface area contributed by atoms with Crippen LogP contribution >= 0.6 is 0 Å². The number of sulfone groups is 1. The van der Waals surface area contributed by atoms with Crippen LogP contribution in [0.5, 0.6) is 0 Å². The Hall–Kier alpha value is -2.63. The average Bonchev–Trinajstić information content (AvgIpc) is 3.29. The van der Waals surface area contributed by atoms with E-state index in [0.717, 1.165) is 32.2 Å². The van der Waals surface area contributed by atoms with E-state index < -0.39 is 9.84 Å². The molecule has 2 heterocycles. The molecule has 8 heteroatoms. The van der Waals surface area contributed by atoms with Crippen molar-refractivity contribution in [2.75, 3.05) is 37.7 Å². The Morgan fingerprint density at radius 2 is 2.09 bits per heavy atom. The second-order valence-electron chi connectivity index (χ2n) is 9.98. The molecule has 1 saturated heterocycles. The molecule has 1 aliphatic carbocycles. The zero-order chi connectivity index (χ0) is 24.6. The number of H-pyrrole nitrogens is 1. The highest BCUT2D eigenvalue weighted by Crippen LogP contribution is 2.35. The third-order valence-electron chi connectivity index (χ3n) is 6.62. The lowest BCUT2D eigenvalue weighted by molar-refractivity contribution is 0.0953. The average molecular weight is 485 g/mol. The molecular formula is C26H36N4O3S. The van der Waals surface area contributed by atoms with Gasteiger partial charge in [-0.25, -0.2) is 8.42 Å². The molecule has 2 N–H and O–H groups in total. The molecule has 0 atom stereocenters. The van der Waals surface area contributed by atoms with Crippen LogP contribution in [-0.2, 0) is 9.84 Å². The van der Waals surface area contributed by atoms with E-state index in [1.807, 2.05) is 12.1 Å². The number of aromatic nitrogens is 1. The summed E-state index contributed by atoms with van der Waals surface area (Å²) in [5.74, 6) is 0.229. The van der Waals surface area contributed by atoms with Gasteiger partial charge in [0, 0.05) is 32.4 Å². The van der Waals surface area contributed by atoms with Crippen molar-refractivity contribution in [2.24, 2.45) is 5.41 Å². The summed E-state index contributed by atoms with van der Waals surface area (Å²) in [4.78, 5) is 17.2. The number of carbonyl (C=O) groups is 1. The fourth-order valence-electron chi connectivity index (χ4n) is 4.13. The summed E-state index contributed by atoms with van der Waals surface area (Å²) in [6.07, 6.45) is 15.4. The highest BCUT2D eigenvalue weighted by molar-refractivity contribution is 7.91. The number of nitrogens with one attached hydrogen (secondary N) is 2. The number of hydrogen-bond acceptors (Lipinski definition) is 5. The van der Waals surface area contributed by atoms with Gasteiger partial charge >= 0.3 is 0 Å². The van der Waals surface area contributed by atoms with Crippen molar-refractivity contribution in [3.05, 3.63) is 59.0 Å². The fourth-order valence-corrected chi connectivity index (χ4v) is 5.41. The Balaban J connectivity index is 1.56. The van der Waals surface area contributed by atoms with E-state index in [9.17, 15) is 13.2 Å². The summed E-state index contributed by atoms with van der Waals surface area (Å²) in [6, 6.07) is 3.53. The third-order valence-corrected chi connectivity index (χ3v) is 8.22. The zero-order valence-electron chi connectivity index (χ0n) is 20.3. The molecule has 0 aromatic carbocycles. The minimum absolute atomic E-state index is 0.239. The Labute approximate surface area is 203 Å². The largest absolute Gasteiger partial charge is 0.356 e. The van der Waals surface area contributed by atoms with Crippen LogP contribution in [-0.4, -0.2) is 61.9 Å². The van der Waals surface area contributed by atoms with Gasteiger partial charge in [0.2, 0.25) is 0 Å².